The molecule has 0 radical (unpaired) electrons. The number of nitrogens with zero attached hydrogens (tertiary/aromatic N) is 2. The number of amides is 1. The van der Waals surface area contributed by atoms with E-state index in [9.17, 15) is 13.2 Å². The third kappa shape index (κ3) is 6.02. The van der Waals surface area contributed by atoms with Gasteiger partial charge in [0.15, 0.2) is 0 Å². The van der Waals surface area contributed by atoms with Crippen LogP contribution in [0.5, 0.6) is 0 Å². The zero-order valence-corrected chi connectivity index (χ0v) is 22.1. The van der Waals surface area contributed by atoms with Crippen LogP contribution in [0.4, 0.5) is 0 Å². The molecule has 188 valence electrons. The molecule has 8 heteroatoms. The van der Waals surface area contributed by atoms with E-state index in [-0.39, 0.29) is 30.5 Å². The monoisotopic (exact) mass is 522 g/mol. The fraction of sp³-hybridized carbons (Fsp3) is 0.250. The molecule has 36 heavy (non-hydrogen) atoms. The van der Waals surface area contributed by atoms with Gasteiger partial charge in [0, 0.05) is 30.5 Å². The van der Waals surface area contributed by atoms with Crippen molar-refractivity contribution in [1.29, 1.82) is 0 Å². The molecular formula is C28H30N2O4S2. The summed E-state index contributed by atoms with van der Waals surface area (Å²) in [6.45, 7) is 2.82. The number of thiophene rings is 1. The van der Waals surface area contributed by atoms with Crippen molar-refractivity contribution in [2.45, 2.75) is 24.9 Å². The molecule has 0 atom stereocenters. The van der Waals surface area contributed by atoms with E-state index in [0.29, 0.717) is 18.5 Å². The summed E-state index contributed by atoms with van der Waals surface area (Å²) in [5.41, 5.74) is 2.10. The molecule has 0 spiro atoms. The van der Waals surface area contributed by atoms with Gasteiger partial charge in [-0.1, -0.05) is 66.7 Å². The van der Waals surface area contributed by atoms with E-state index in [1.54, 1.807) is 34.4 Å². The largest absolute Gasteiger partial charge is 0.383 e. The van der Waals surface area contributed by atoms with Gasteiger partial charge in [-0.3, -0.25) is 4.79 Å². The summed E-state index contributed by atoms with van der Waals surface area (Å²) in [4.78, 5) is 16.7. The van der Waals surface area contributed by atoms with Gasteiger partial charge in [-0.2, -0.15) is 4.31 Å². The molecule has 0 aliphatic rings. The lowest BCUT2D eigenvalue weighted by Crippen LogP contribution is -2.43. The van der Waals surface area contributed by atoms with Crippen molar-refractivity contribution in [1.82, 2.24) is 9.21 Å². The Kier molecular flexibility index (Phi) is 8.53. The first kappa shape index (κ1) is 26.0. The topological polar surface area (TPSA) is 66.9 Å². The van der Waals surface area contributed by atoms with Crippen LogP contribution < -0.4 is 0 Å². The van der Waals surface area contributed by atoms with Gasteiger partial charge in [-0.25, -0.2) is 8.42 Å². The molecule has 0 saturated carbocycles. The number of benzene rings is 3. The van der Waals surface area contributed by atoms with Gasteiger partial charge in [-0.05, 0) is 40.9 Å². The quantitative estimate of drug-likeness (QED) is 0.276. The lowest BCUT2D eigenvalue weighted by molar-refractivity contribution is -0.132. The number of methoxy groups -OCH3 is 1. The Hall–Kier alpha value is -3.04. The highest BCUT2D eigenvalue weighted by atomic mass is 32.2. The molecule has 1 heterocycles. The number of carbonyl (C=O) groups excluding carboxylic acids is 1. The number of hydrogen-bond acceptors (Lipinski definition) is 5. The SMILES string of the molecule is COCCN(CC(=O)N(Cc1ccccc1)Cc1sccc1C)S(=O)(=O)c1cccc2ccccc12. The van der Waals surface area contributed by atoms with Crippen molar-refractivity contribution in [3.05, 3.63) is 100 Å². The average Bonchev–Trinajstić information content (AvgIpc) is 3.30. The Labute approximate surface area is 216 Å². The molecule has 4 rings (SSSR count). The summed E-state index contributed by atoms with van der Waals surface area (Å²) in [7, 11) is -2.44. The van der Waals surface area contributed by atoms with Crippen molar-refractivity contribution in [2.75, 3.05) is 26.8 Å². The second-order valence-corrected chi connectivity index (χ2v) is 11.5. The molecule has 0 N–H and O–H groups in total. The molecule has 3 aromatic carbocycles. The molecular weight excluding hydrogens is 492 g/mol. The molecule has 1 aromatic heterocycles. The predicted octanol–water partition coefficient (Wildman–Crippen LogP) is 5.08. The first-order valence-electron chi connectivity index (χ1n) is 11.7. The minimum atomic E-state index is -3.96. The Balaban J connectivity index is 1.65. The molecule has 0 unspecified atom stereocenters. The maximum absolute atomic E-state index is 13.8. The highest BCUT2D eigenvalue weighted by Crippen LogP contribution is 2.26. The number of rotatable bonds is 11. The van der Waals surface area contributed by atoms with Crippen LogP contribution in [0.3, 0.4) is 0 Å². The summed E-state index contributed by atoms with van der Waals surface area (Å²) in [6.07, 6.45) is 0. The van der Waals surface area contributed by atoms with Crippen molar-refractivity contribution >= 4 is 38.0 Å². The van der Waals surface area contributed by atoms with Crippen molar-refractivity contribution in [3.8, 4) is 0 Å². The summed E-state index contributed by atoms with van der Waals surface area (Å²) >= 11 is 1.60. The Morgan fingerprint density at radius 2 is 1.64 bits per heavy atom. The molecule has 0 aliphatic carbocycles. The maximum Gasteiger partial charge on any atom is 0.244 e. The summed E-state index contributed by atoms with van der Waals surface area (Å²) in [6, 6.07) is 24.3. The zero-order valence-electron chi connectivity index (χ0n) is 20.5. The lowest BCUT2D eigenvalue weighted by Gasteiger charge is -2.27. The fourth-order valence-corrected chi connectivity index (χ4v) is 6.57. The highest BCUT2D eigenvalue weighted by Gasteiger charge is 2.30. The van der Waals surface area contributed by atoms with Gasteiger partial charge in [0.2, 0.25) is 15.9 Å². The summed E-state index contributed by atoms with van der Waals surface area (Å²) in [5, 5.41) is 3.46. The van der Waals surface area contributed by atoms with Gasteiger partial charge < -0.3 is 9.64 Å². The number of carbonyl (C=O) groups is 1. The standard InChI is InChI=1S/C28H30N2O4S2/c1-22-15-18-35-26(22)20-29(19-23-9-4-3-5-10-23)28(31)21-30(16-17-34-2)36(32,33)27-14-8-12-24-11-6-7-13-25(24)27/h3-15,18H,16-17,19-21H2,1-2H3. The van der Waals surface area contributed by atoms with Crippen LogP contribution in [-0.4, -0.2) is 50.3 Å². The number of hydrogen-bond donors (Lipinski definition) is 0. The molecule has 0 bridgehead atoms. The van der Waals surface area contributed by atoms with Crippen LogP contribution in [0.2, 0.25) is 0 Å². The van der Waals surface area contributed by atoms with E-state index in [1.165, 1.54) is 11.4 Å². The van der Waals surface area contributed by atoms with Crippen LogP contribution in [0.15, 0.2) is 89.1 Å². The van der Waals surface area contributed by atoms with Crippen LogP contribution in [0, 0.1) is 6.92 Å². The molecule has 1 amide bonds. The molecule has 0 aliphatic heterocycles. The van der Waals surface area contributed by atoms with Gasteiger partial charge in [-0.15, -0.1) is 11.3 Å². The number of aryl methyl sites for hydroxylation is 1. The van der Waals surface area contributed by atoms with Crippen LogP contribution in [-0.2, 0) is 32.6 Å². The summed E-state index contributed by atoms with van der Waals surface area (Å²) in [5.74, 6) is -0.258. The van der Waals surface area contributed by atoms with Crippen molar-refractivity contribution in [2.24, 2.45) is 0 Å². The van der Waals surface area contributed by atoms with Crippen molar-refractivity contribution < 1.29 is 17.9 Å². The van der Waals surface area contributed by atoms with Gasteiger partial charge >= 0.3 is 0 Å². The van der Waals surface area contributed by atoms with E-state index < -0.39 is 10.0 Å². The summed E-state index contributed by atoms with van der Waals surface area (Å²) < 4.78 is 34.1. The Morgan fingerprint density at radius 1 is 0.917 bits per heavy atom. The second-order valence-electron chi connectivity index (χ2n) is 8.57. The minimum Gasteiger partial charge on any atom is -0.383 e. The maximum atomic E-state index is 13.8. The molecule has 6 nitrogen and oxygen atoms in total. The molecule has 4 aromatic rings. The molecule has 0 saturated heterocycles. The van der Waals surface area contributed by atoms with Crippen LogP contribution >= 0.6 is 11.3 Å². The lowest BCUT2D eigenvalue weighted by atomic mass is 10.1. The van der Waals surface area contributed by atoms with E-state index >= 15 is 0 Å². The van der Waals surface area contributed by atoms with Gasteiger partial charge in [0.25, 0.3) is 0 Å². The Morgan fingerprint density at radius 3 is 2.36 bits per heavy atom. The molecule has 0 fully saturated rings. The third-order valence-electron chi connectivity index (χ3n) is 6.10. The number of fused-ring (bicyclic) bond motifs is 1. The normalized spacial score (nSPS) is 11.8. The second kappa shape index (κ2) is 11.8. The van der Waals surface area contributed by atoms with Crippen LogP contribution in [0.25, 0.3) is 10.8 Å². The number of ether oxygens (including phenoxy) is 1. The fourth-order valence-electron chi connectivity index (χ4n) is 4.06. The predicted molar refractivity (Wildman–Crippen MR) is 144 cm³/mol. The zero-order chi connectivity index (χ0) is 25.5. The highest BCUT2D eigenvalue weighted by molar-refractivity contribution is 7.89. The first-order chi connectivity index (χ1) is 17.4. The van der Waals surface area contributed by atoms with Gasteiger partial charge in [0.1, 0.15) is 0 Å². The average molecular weight is 523 g/mol. The van der Waals surface area contributed by atoms with Gasteiger partial charge in [0.05, 0.1) is 24.6 Å². The van der Waals surface area contributed by atoms with E-state index in [2.05, 4.69) is 0 Å². The smallest absolute Gasteiger partial charge is 0.244 e. The minimum absolute atomic E-state index is 0.0744. The third-order valence-corrected chi connectivity index (χ3v) is 9.01. The van der Waals surface area contributed by atoms with E-state index in [0.717, 1.165) is 21.4 Å². The Bertz CT molecular complexity index is 1410. The van der Waals surface area contributed by atoms with E-state index in [4.69, 9.17) is 4.74 Å². The number of sulfonamides is 1. The first-order valence-corrected chi connectivity index (χ1v) is 14.0. The van der Waals surface area contributed by atoms with E-state index in [1.807, 2.05) is 73.0 Å². The van der Waals surface area contributed by atoms with Crippen LogP contribution in [0.1, 0.15) is 16.0 Å². The van der Waals surface area contributed by atoms with Crippen molar-refractivity contribution in [3.63, 3.8) is 0 Å².